The standard InChI is InChI=1S/C23H22N2O2/c1-23(20-15-7-13-18-12-5-6-14-19(18)20)21(26)25(22(27)24-23)16-8-11-17-9-3-2-4-10-17/h2-7,9-10,12-15H,8,11,16H2,1H3,(H,24,27). The van der Waals surface area contributed by atoms with Crippen LogP contribution in [-0.2, 0) is 16.8 Å². The zero-order valence-corrected chi connectivity index (χ0v) is 15.3. The lowest BCUT2D eigenvalue weighted by Crippen LogP contribution is -2.41. The first kappa shape index (κ1) is 17.3. The van der Waals surface area contributed by atoms with Gasteiger partial charge in [0, 0.05) is 6.54 Å². The van der Waals surface area contributed by atoms with Gasteiger partial charge in [0.25, 0.3) is 5.91 Å². The molecule has 1 atom stereocenters. The lowest BCUT2D eigenvalue weighted by atomic mass is 9.88. The molecule has 1 aliphatic heterocycles. The van der Waals surface area contributed by atoms with Crippen LogP contribution >= 0.6 is 0 Å². The third-order valence-electron chi connectivity index (χ3n) is 5.29. The van der Waals surface area contributed by atoms with Gasteiger partial charge in [-0.15, -0.1) is 0 Å². The molecule has 3 aromatic rings. The van der Waals surface area contributed by atoms with Gasteiger partial charge in [-0.1, -0.05) is 72.8 Å². The Kier molecular flexibility index (Phi) is 4.40. The van der Waals surface area contributed by atoms with Crippen LogP contribution in [0.4, 0.5) is 4.79 Å². The SMILES string of the molecule is CC1(c2cccc3ccccc23)NC(=O)N(CCCc2ccccc2)C1=O. The lowest BCUT2D eigenvalue weighted by Gasteiger charge is -2.24. The minimum Gasteiger partial charge on any atom is -0.319 e. The molecular weight excluding hydrogens is 336 g/mol. The van der Waals surface area contributed by atoms with Crippen molar-refractivity contribution in [2.45, 2.75) is 25.3 Å². The van der Waals surface area contributed by atoms with Crippen molar-refractivity contribution < 1.29 is 9.59 Å². The van der Waals surface area contributed by atoms with Gasteiger partial charge in [0.1, 0.15) is 5.54 Å². The molecule has 3 amide bonds. The molecule has 1 unspecified atom stereocenters. The maximum atomic E-state index is 13.2. The molecule has 1 fully saturated rings. The maximum absolute atomic E-state index is 13.2. The van der Waals surface area contributed by atoms with Crippen molar-refractivity contribution in [3.05, 3.63) is 83.9 Å². The number of hydrogen-bond acceptors (Lipinski definition) is 2. The Balaban J connectivity index is 1.56. The van der Waals surface area contributed by atoms with E-state index < -0.39 is 5.54 Å². The quantitative estimate of drug-likeness (QED) is 0.694. The van der Waals surface area contributed by atoms with E-state index in [4.69, 9.17) is 0 Å². The normalized spacial score (nSPS) is 19.5. The van der Waals surface area contributed by atoms with Crippen LogP contribution < -0.4 is 5.32 Å². The van der Waals surface area contributed by atoms with E-state index in [0.717, 1.165) is 29.2 Å². The smallest absolute Gasteiger partial charge is 0.319 e. The molecule has 0 aliphatic carbocycles. The van der Waals surface area contributed by atoms with Crippen LogP contribution in [-0.4, -0.2) is 23.4 Å². The number of benzene rings is 3. The number of carbonyl (C=O) groups is 2. The summed E-state index contributed by atoms with van der Waals surface area (Å²) in [4.78, 5) is 27.1. The topological polar surface area (TPSA) is 49.4 Å². The van der Waals surface area contributed by atoms with Crippen LogP contribution in [0.25, 0.3) is 10.8 Å². The molecule has 4 heteroatoms. The van der Waals surface area contributed by atoms with E-state index in [0.29, 0.717) is 6.54 Å². The maximum Gasteiger partial charge on any atom is 0.325 e. The van der Waals surface area contributed by atoms with Gasteiger partial charge in [-0.25, -0.2) is 4.79 Å². The van der Waals surface area contributed by atoms with Gasteiger partial charge in [0.15, 0.2) is 0 Å². The van der Waals surface area contributed by atoms with Gasteiger partial charge >= 0.3 is 6.03 Å². The molecule has 0 saturated carbocycles. The van der Waals surface area contributed by atoms with Gasteiger partial charge in [-0.3, -0.25) is 9.69 Å². The molecule has 3 aromatic carbocycles. The van der Waals surface area contributed by atoms with Crippen LogP contribution in [0.3, 0.4) is 0 Å². The number of rotatable bonds is 5. The number of nitrogens with one attached hydrogen (secondary N) is 1. The average Bonchev–Trinajstić information content (AvgIpc) is 2.92. The van der Waals surface area contributed by atoms with Crippen molar-refractivity contribution in [2.75, 3.05) is 6.54 Å². The Labute approximate surface area is 158 Å². The number of imide groups is 1. The van der Waals surface area contributed by atoms with E-state index in [2.05, 4.69) is 17.4 Å². The molecule has 1 aliphatic rings. The number of urea groups is 1. The summed E-state index contributed by atoms with van der Waals surface area (Å²) in [6.07, 6.45) is 1.58. The zero-order valence-electron chi connectivity index (χ0n) is 15.3. The first-order valence-corrected chi connectivity index (χ1v) is 9.26. The van der Waals surface area contributed by atoms with Crippen molar-refractivity contribution in [3.8, 4) is 0 Å². The second-order valence-corrected chi connectivity index (χ2v) is 7.13. The van der Waals surface area contributed by atoms with Crippen molar-refractivity contribution in [2.24, 2.45) is 0 Å². The highest BCUT2D eigenvalue weighted by atomic mass is 16.2. The predicted octanol–water partition coefficient (Wildman–Crippen LogP) is 4.24. The van der Waals surface area contributed by atoms with Crippen LogP contribution in [0.5, 0.6) is 0 Å². The molecule has 4 nitrogen and oxygen atoms in total. The molecule has 0 aromatic heterocycles. The fraction of sp³-hybridized carbons (Fsp3) is 0.217. The summed E-state index contributed by atoms with van der Waals surface area (Å²) in [5, 5.41) is 4.97. The summed E-state index contributed by atoms with van der Waals surface area (Å²) in [5.74, 6) is -0.183. The third kappa shape index (κ3) is 3.08. The molecule has 1 N–H and O–H groups in total. The molecule has 0 bridgehead atoms. The highest BCUT2D eigenvalue weighted by Gasteiger charge is 2.49. The summed E-state index contributed by atoms with van der Waals surface area (Å²) in [6.45, 7) is 2.21. The number of aryl methyl sites for hydroxylation is 1. The summed E-state index contributed by atoms with van der Waals surface area (Å²) in [7, 11) is 0. The van der Waals surface area contributed by atoms with Gasteiger partial charge in [-0.05, 0) is 41.7 Å². The molecular formula is C23H22N2O2. The van der Waals surface area contributed by atoms with E-state index in [1.165, 1.54) is 10.5 Å². The van der Waals surface area contributed by atoms with Crippen LogP contribution in [0.2, 0.25) is 0 Å². The van der Waals surface area contributed by atoms with Gasteiger partial charge < -0.3 is 5.32 Å². The molecule has 27 heavy (non-hydrogen) atoms. The van der Waals surface area contributed by atoms with Gasteiger partial charge in [0.05, 0.1) is 0 Å². The molecule has 0 radical (unpaired) electrons. The van der Waals surface area contributed by atoms with Crippen molar-refractivity contribution in [3.63, 3.8) is 0 Å². The zero-order chi connectivity index (χ0) is 18.9. The van der Waals surface area contributed by atoms with E-state index in [9.17, 15) is 9.59 Å². The molecule has 4 rings (SSSR count). The van der Waals surface area contributed by atoms with E-state index in [1.54, 1.807) is 6.92 Å². The van der Waals surface area contributed by atoms with Crippen molar-refractivity contribution in [1.82, 2.24) is 10.2 Å². The highest BCUT2D eigenvalue weighted by Crippen LogP contribution is 2.33. The van der Waals surface area contributed by atoms with E-state index >= 15 is 0 Å². The Morgan fingerprint density at radius 1 is 0.889 bits per heavy atom. The predicted molar refractivity (Wildman–Crippen MR) is 106 cm³/mol. The van der Waals surface area contributed by atoms with Gasteiger partial charge in [-0.2, -0.15) is 0 Å². The van der Waals surface area contributed by atoms with E-state index in [-0.39, 0.29) is 11.9 Å². The molecule has 1 heterocycles. The second kappa shape index (κ2) is 6.88. The van der Waals surface area contributed by atoms with Crippen LogP contribution in [0.1, 0.15) is 24.5 Å². The largest absolute Gasteiger partial charge is 0.325 e. The van der Waals surface area contributed by atoms with Gasteiger partial charge in [0.2, 0.25) is 0 Å². The second-order valence-electron chi connectivity index (χ2n) is 7.13. The Morgan fingerprint density at radius 3 is 2.41 bits per heavy atom. The summed E-state index contributed by atoms with van der Waals surface area (Å²) < 4.78 is 0. The highest BCUT2D eigenvalue weighted by molar-refractivity contribution is 6.09. The number of nitrogens with zero attached hydrogens (tertiary/aromatic N) is 1. The number of amides is 3. The monoisotopic (exact) mass is 358 g/mol. The molecule has 136 valence electrons. The number of fused-ring (bicyclic) bond motifs is 1. The molecule has 0 spiro atoms. The Hall–Kier alpha value is -3.14. The van der Waals surface area contributed by atoms with Crippen LogP contribution in [0.15, 0.2) is 72.8 Å². The summed E-state index contributed by atoms with van der Waals surface area (Å²) >= 11 is 0. The fourth-order valence-electron chi connectivity index (χ4n) is 3.83. The first-order chi connectivity index (χ1) is 13.1. The summed E-state index contributed by atoms with van der Waals surface area (Å²) in [6, 6.07) is 23.6. The first-order valence-electron chi connectivity index (χ1n) is 9.26. The number of hydrogen-bond donors (Lipinski definition) is 1. The van der Waals surface area contributed by atoms with Crippen LogP contribution in [0, 0.1) is 0 Å². The Morgan fingerprint density at radius 2 is 1.59 bits per heavy atom. The third-order valence-corrected chi connectivity index (χ3v) is 5.29. The lowest BCUT2D eigenvalue weighted by molar-refractivity contribution is -0.131. The minimum absolute atomic E-state index is 0.183. The Bertz CT molecular complexity index is 994. The number of carbonyl (C=O) groups excluding carboxylic acids is 2. The fourth-order valence-corrected chi connectivity index (χ4v) is 3.83. The minimum atomic E-state index is -1.04. The van der Waals surface area contributed by atoms with Crippen molar-refractivity contribution >= 4 is 22.7 Å². The van der Waals surface area contributed by atoms with Crippen molar-refractivity contribution in [1.29, 1.82) is 0 Å². The molecule has 1 saturated heterocycles. The average molecular weight is 358 g/mol. The summed E-state index contributed by atoms with van der Waals surface area (Å²) in [5.41, 5.74) is 1.01. The van der Waals surface area contributed by atoms with E-state index in [1.807, 2.05) is 60.7 Å².